The van der Waals surface area contributed by atoms with Crippen LogP contribution < -0.4 is 0 Å². The van der Waals surface area contributed by atoms with Crippen LogP contribution in [0.2, 0.25) is 0 Å². The van der Waals surface area contributed by atoms with E-state index < -0.39 is 0 Å². The number of hydrogen-bond donors (Lipinski definition) is 0. The second kappa shape index (κ2) is 3.46. The normalized spacial score (nSPS) is 10.8. The molecule has 2 aromatic rings. The zero-order chi connectivity index (χ0) is 8.39. The van der Waals surface area contributed by atoms with Gasteiger partial charge in [-0.2, -0.15) is 11.8 Å². The Hall–Kier alpha value is -0.540. The van der Waals surface area contributed by atoms with Gasteiger partial charge in [0.05, 0.1) is 10.2 Å². The summed E-state index contributed by atoms with van der Waals surface area (Å²) in [6.45, 7) is 0. The maximum absolute atomic E-state index is 4.29. The first kappa shape index (κ1) is 8.08. The summed E-state index contributed by atoms with van der Waals surface area (Å²) in [6.07, 6.45) is 3.97. The van der Waals surface area contributed by atoms with Gasteiger partial charge in [0.2, 0.25) is 0 Å². The fourth-order valence-electron chi connectivity index (χ4n) is 1.13. The van der Waals surface area contributed by atoms with Crippen LogP contribution >= 0.6 is 23.1 Å². The maximum Gasteiger partial charge on any atom is 0.0812 e. The molecule has 0 saturated carbocycles. The SMILES string of the molecule is CSCc1cc2ncccc2s1. The fourth-order valence-corrected chi connectivity index (χ4v) is 2.91. The summed E-state index contributed by atoms with van der Waals surface area (Å²) in [6, 6.07) is 6.29. The zero-order valence-electron chi connectivity index (χ0n) is 6.78. The molecule has 1 nitrogen and oxygen atoms in total. The van der Waals surface area contributed by atoms with Gasteiger partial charge in [-0.25, -0.2) is 0 Å². The van der Waals surface area contributed by atoms with Crippen LogP contribution in [0.4, 0.5) is 0 Å². The molecular weight excluding hydrogens is 186 g/mol. The van der Waals surface area contributed by atoms with Crippen molar-refractivity contribution in [3.63, 3.8) is 0 Å². The molecular formula is C9H9NS2. The number of aromatic nitrogens is 1. The molecule has 0 amide bonds. The van der Waals surface area contributed by atoms with Crippen molar-refractivity contribution in [2.24, 2.45) is 0 Å². The number of thioether (sulfide) groups is 1. The number of rotatable bonds is 2. The Kier molecular flexibility index (Phi) is 2.33. The van der Waals surface area contributed by atoms with Crippen molar-refractivity contribution in [3.05, 3.63) is 29.3 Å². The first-order valence-corrected chi connectivity index (χ1v) is 5.93. The summed E-state index contributed by atoms with van der Waals surface area (Å²) in [7, 11) is 0. The third-order valence-electron chi connectivity index (χ3n) is 1.63. The van der Waals surface area contributed by atoms with Crippen LogP contribution in [0.1, 0.15) is 4.88 Å². The zero-order valence-corrected chi connectivity index (χ0v) is 8.41. The minimum absolute atomic E-state index is 1.10. The molecule has 2 heterocycles. The van der Waals surface area contributed by atoms with Crippen LogP contribution in [0, 0.1) is 0 Å². The summed E-state index contributed by atoms with van der Waals surface area (Å²) in [4.78, 5) is 5.70. The Balaban J connectivity index is 2.47. The third kappa shape index (κ3) is 1.47. The Labute approximate surface area is 79.8 Å². The molecule has 2 rings (SSSR count). The van der Waals surface area contributed by atoms with Gasteiger partial charge in [-0.05, 0) is 24.5 Å². The number of fused-ring (bicyclic) bond motifs is 1. The standard InChI is InChI=1S/C9H9NS2/c1-11-6-7-5-8-9(12-7)3-2-4-10-8/h2-5H,6H2,1H3. The molecule has 0 radical (unpaired) electrons. The van der Waals surface area contributed by atoms with E-state index in [1.807, 2.05) is 35.4 Å². The molecule has 0 N–H and O–H groups in total. The Morgan fingerprint density at radius 1 is 1.58 bits per heavy atom. The van der Waals surface area contributed by atoms with Crippen molar-refractivity contribution in [3.8, 4) is 0 Å². The average Bonchev–Trinajstić information content (AvgIpc) is 2.47. The lowest BCUT2D eigenvalue weighted by atomic mass is 10.4. The number of nitrogens with zero attached hydrogens (tertiary/aromatic N) is 1. The highest BCUT2D eigenvalue weighted by Gasteiger charge is 1.99. The molecule has 0 fully saturated rings. The van der Waals surface area contributed by atoms with E-state index in [9.17, 15) is 0 Å². The topological polar surface area (TPSA) is 12.9 Å². The molecule has 62 valence electrons. The van der Waals surface area contributed by atoms with Crippen LogP contribution in [0.3, 0.4) is 0 Å². The first-order valence-electron chi connectivity index (χ1n) is 3.72. The van der Waals surface area contributed by atoms with Gasteiger partial charge in [0.15, 0.2) is 0 Å². The van der Waals surface area contributed by atoms with Gasteiger partial charge in [0, 0.05) is 16.8 Å². The van der Waals surface area contributed by atoms with E-state index in [0.29, 0.717) is 0 Å². The van der Waals surface area contributed by atoms with E-state index in [4.69, 9.17) is 0 Å². The second-order valence-corrected chi connectivity index (χ2v) is 4.57. The van der Waals surface area contributed by atoms with E-state index in [2.05, 4.69) is 23.4 Å². The van der Waals surface area contributed by atoms with Gasteiger partial charge in [0.1, 0.15) is 0 Å². The minimum atomic E-state index is 1.10. The van der Waals surface area contributed by atoms with Crippen LogP contribution in [0.15, 0.2) is 24.4 Å². The van der Waals surface area contributed by atoms with Gasteiger partial charge in [-0.15, -0.1) is 11.3 Å². The number of pyridine rings is 1. The van der Waals surface area contributed by atoms with Crippen molar-refractivity contribution in [1.29, 1.82) is 0 Å². The highest BCUT2D eigenvalue weighted by molar-refractivity contribution is 7.97. The summed E-state index contributed by atoms with van der Waals surface area (Å²) < 4.78 is 1.29. The van der Waals surface area contributed by atoms with Gasteiger partial charge < -0.3 is 0 Å². The summed E-state index contributed by atoms with van der Waals surface area (Å²) in [5.41, 5.74) is 1.13. The summed E-state index contributed by atoms with van der Waals surface area (Å²) in [5.74, 6) is 1.10. The molecule has 3 heteroatoms. The van der Waals surface area contributed by atoms with Gasteiger partial charge in [-0.1, -0.05) is 0 Å². The molecule has 12 heavy (non-hydrogen) atoms. The maximum atomic E-state index is 4.29. The van der Waals surface area contributed by atoms with Crippen molar-refractivity contribution in [1.82, 2.24) is 4.98 Å². The smallest absolute Gasteiger partial charge is 0.0812 e. The van der Waals surface area contributed by atoms with Gasteiger partial charge in [0.25, 0.3) is 0 Å². The average molecular weight is 195 g/mol. The second-order valence-electron chi connectivity index (χ2n) is 2.53. The third-order valence-corrected chi connectivity index (χ3v) is 3.50. The van der Waals surface area contributed by atoms with Crippen molar-refractivity contribution < 1.29 is 0 Å². The Bertz CT molecular complexity index is 348. The minimum Gasteiger partial charge on any atom is -0.255 e. The molecule has 0 atom stereocenters. The van der Waals surface area contributed by atoms with Crippen molar-refractivity contribution in [2.45, 2.75) is 5.75 Å². The lowest BCUT2D eigenvalue weighted by molar-refractivity contribution is 1.42. The highest BCUT2D eigenvalue weighted by atomic mass is 32.2. The van der Waals surface area contributed by atoms with Crippen molar-refractivity contribution >= 4 is 33.3 Å². The lowest BCUT2D eigenvalue weighted by Gasteiger charge is -1.86. The van der Waals surface area contributed by atoms with E-state index in [0.717, 1.165) is 11.3 Å². The van der Waals surface area contributed by atoms with E-state index in [1.165, 1.54) is 9.58 Å². The van der Waals surface area contributed by atoms with Crippen LogP contribution in [-0.4, -0.2) is 11.2 Å². The molecule has 0 unspecified atom stereocenters. The highest BCUT2D eigenvalue weighted by Crippen LogP contribution is 2.25. The summed E-state index contributed by atoms with van der Waals surface area (Å²) in [5, 5.41) is 0. The Morgan fingerprint density at radius 2 is 2.50 bits per heavy atom. The molecule has 0 bridgehead atoms. The Morgan fingerprint density at radius 3 is 3.25 bits per heavy atom. The quantitative estimate of drug-likeness (QED) is 0.730. The molecule has 0 aliphatic rings. The molecule has 0 spiro atoms. The molecule has 0 aromatic carbocycles. The van der Waals surface area contributed by atoms with Crippen LogP contribution in [0.5, 0.6) is 0 Å². The lowest BCUT2D eigenvalue weighted by Crippen LogP contribution is -1.68. The fraction of sp³-hybridized carbons (Fsp3) is 0.222. The molecule has 0 saturated heterocycles. The number of hydrogen-bond acceptors (Lipinski definition) is 3. The molecule has 0 aliphatic carbocycles. The predicted octanol–water partition coefficient (Wildman–Crippen LogP) is 3.16. The molecule has 2 aromatic heterocycles. The molecule has 0 aliphatic heterocycles. The number of thiophene rings is 1. The predicted molar refractivity (Wildman–Crippen MR) is 56.8 cm³/mol. The van der Waals surface area contributed by atoms with Crippen LogP contribution in [0.25, 0.3) is 10.2 Å². The van der Waals surface area contributed by atoms with E-state index in [-0.39, 0.29) is 0 Å². The van der Waals surface area contributed by atoms with Gasteiger partial charge >= 0.3 is 0 Å². The first-order chi connectivity index (χ1) is 5.90. The van der Waals surface area contributed by atoms with Crippen LogP contribution in [-0.2, 0) is 5.75 Å². The summed E-state index contributed by atoms with van der Waals surface area (Å²) >= 11 is 3.69. The van der Waals surface area contributed by atoms with E-state index >= 15 is 0 Å². The van der Waals surface area contributed by atoms with Crippen molar-refractivity contribution in [2.75, 3.05) is 6.26 Å². The van der Waals surface area contributed by atoms with E-state index in [1.54, 1.807) is 0 Å². The monoisotopic (exact) mass is 195 g/mol. The largest absolute Gasteiger partial charge is 0.255 e. The van der Waals surface area contributed by atoms with Gasteiger partial charge in [-0.3, -0.25) is 4.98 Å².